The minimum atomic E-state index is 0. The van der Waals surface area contributed by atoms with E-state index in [1.54, 1.807) is 6.26 Å². The Morgan fingerprint density at radius 2 is 2.24 bits per heavy atom. The molecule has 0 aliphatic heterocycles. The maximum Gasteiger partial charge on any atom is 0.122 e. The highest BCUT2D eigenvalue weighted by molar-refractivity contribution is 5.85. The predicted octanol–water partition coefficient (Wildman–Crippen LogP) is 3.43. The number of furan rings is 1. The second kappa shape index (κ2) is 5.27. The average Bonchev–Trinajstić information content (AvgIpc) is 2.83. The quantitative estimate of drug-likeness (QED) is 0.914. The van der Waals surface area contributed by atoms with E-state index in [0.717, 1.165) is 23.4 Å². The molecule has 17 heavy (non-hydrogen) atoms. The zero-order chi connectivity index (χ0) is 11.7. The summed E-state index contributed by atoms with van der Waals surface area (Å²) in [6, 6.07) is 4.13. The summed E-state index contributed by atoms with van der Waals surface area (Å²) in [6.07, 6.45) is 2.68. The molecule has 2 aromatic heterocycles. The van der Waals surface area contributed by atoms with Crippen molar-refractivity contribution in [3.05, 3.63) is 24.2 Å². The van der Waals surface area contributed by atoms with Crippen LogP contribution >= 0.6 is 12.4 Å². The van der Waals surface area contributed by atoms with Gasteiger partial charge in [-0.25, -0.2) is 4.68 Å². The Labute approximate surface area is 107 Å². The van der Waals surface area contributed by atoms with E-state index in [4.69, 9.17) is 10.2 Å². The fourth-order valence-electron chi connectivity index (χ4n) is 1.72. The Morgan fingerprint density at radius 3 is 2.76 bits per heavy atom. The first-order chi connectivity index (χ1) is 7.63. The smallest absolute Gasteiger partial charge is 0.122 e. The maximum absolute atomic E-state index is 5.94. The Kier molecular flexibility index (Phi) is 4.23. The van der Waals surface area contributed by atoms with Crippen molar-refractivity contribution in [2.75, 3.05) is 5.73 Å². The summed E-state index contributed by atoms with van der Waals surface area (Å²) in [6.45, 7) is 6.15. The van der Waals surface area contributed by atoms with Gasteiger partial charge in [0.05, 0.1) is 18.0 Å². The van der Waals surface area contributed by atoms with E-state index >= 15 is 0 Å². The Morgan fingerprint density at radius 1 is 1.53 bits per heavy atom. The molecule has 0 saturated carbocycles. The average molecular weight is 256 g/mol. The van der Waals surface area contributed by atoms with Gasteiger partial charge in [-0.15, -0.1) is 12.4 Å². The monoisotopic (exact) mass is 255 g/mol. The third-order valence-corrected chi connectivity index (χ3v) is 2.91. The van der Waals surface area contributed by atoms with Crippen molar-refractivity contribution in [3.63, 3.8) is 0 Å². The lowest BCUT2D eigenvalue weighted by Gasteiger charge is -2.10. The van der Waals surface area contributed by atoms with Crippen LogP contribution in [0.5, 0.6) is 0 Å². The molecular formula is C12H18ClN3O. The van der Waals surface area contributed by atoms with Crippen LogP contribution in [0.1, 0.15) is 32.1 Å². The lowest BCUT2D eigenvalue weighted by molar-refractivity contribution is 0.485. The van der Waals surface area contributed by atoms with E-state index in [9.17, 15) is 0 Å². The summed E-state index contributed by atoms with van der Waals surface area (Å²) in [5, 5.41) is 4.52. The van der Waals surface area contributed by atoms with Gasteiger partial charge in [0.2, 0.25) is 0 Å². The molecule has 0 aliphatic carbocycles. The number of halogens is 1. The molecule has 0 fully saturated rings. The molecule has 0 aromatic carbocycles. The maximum atomic E-state index is 5.94. The first-order valence-electron chi connectivity index (χ1n) is 5.53. The van der Waals surface area contributed by atoms with Gasteiger partial charge in [0, 0.05) is 11.6 Å². The summed E-state index contributed by atoms with van der Waals surface area (Å²) in [7, 11) is 0. The molecule has 2 aromatic rings. The van der Waals surface area contributed by atoms with Gasteiger partial charge in [-0.05, 0) is 26.3 Å². The SMILES string of the molecule is CCC(C)n1nc(-c2ccoc2C)cc1N.Cl. The molecule has 5 heteroatoms. The predicted molar refractivity (Wildman–Crippen MR) is 71.3 cm³/mol. The molecule has 0 amide bonds. The summed E-state index contributed by atoms with van der Waals surface area (Å²) >= 11 is 0. The zero-order valence-electron chi connectivity index (χ0n) is 10.3. The van der Waals surface area contributed by atoms with Crippen molar-refractivity contribution >= 4 is 18.2 Å². The van der Waals surface area contributed by atoms with Gasteiger partial charge in [-0.1, -0.05) is 6.92 Å². The molecule has 2 heterocycles. The number of nitrogen functional groups attached to an aromatic ring is 1. The van der Waals surface area contributed by atoms with Crippen LogP contribution in [0.25, 0.3) is 11.3 Å². The number of nitrogens with zero attached hydrogens (tertiary/aromatic N) is 2. The summed E-state index contributed by atoms with van der Waals surface area (Å²) in [5.41, 5.74) is 7.83. The molecule has 2 N–H and O–H groups in total. The van der Waals surface area contributed by atoms with Crippen LogP contribution < -0.4 is 5.73 Å². The molecule has 4 nitrogen and oxygen atoms in total. The molecule has 0 bridgehead atoms. The van der Waals surface area contributed by atoms with Gasteiger partial charge in [0.25, 0.3) is 0 Å². The van der Waals surface area contributed by atoms with Gasteiger partial charge >= 0.3 is 0 Å². The number of aryl methyl sites for hydroxylation is 1. The van der Waals surface area contributed by atoms with Crippen molar-refractivity contribution in [3.8, 4) is 11.3 Å². The van der Waals surface area contributed by atoms with Crippen molar-refractivity contribution in [2.45, 2.75) is 33.2 Å². The number of hydrogen-bond donors (Lipinski definition) is 1. The first-order valence-corrected chi connectivity index (χ1v) is 5.53. The van der Waals surface area contributed by atoms with Crippen molar-refractivity contribution in [2.24, 2.45) is 0 Å². The molecule has 1 atom stereocenters. The van der Waals surface area contributed by atoms with E-state index in [0.29, 0.717) is 11.9 Å². The Hall–Kier alpha value is -1.42. The third-order valence-electron chi connectivity index (χ3n) is 2.91. The molecule has 2 rings (SSSR count). The second-order valence-corrected chi connectivity index (χ2v) is 4.05. The number of rotatable bonds is 3. The standard InChI is InChI=1S/C12H17N3O.ClH/c1-4-8(2)15-12(13)7-11(14-15)10-5-6-16-9(10)3;/h5-8H,4,13H2,1-3H3;1H. The van der Waals surface area contributed by atoms with Crippen LogP contribution in [0.2, 0.25) is 0 Å². The van der Waals surface area contributed by atoms with E-state index < -0.39 is 0 Å². The van der Waals surface area contributed by atoms with Gasteiger partial charge in [-0.3, -0.25) is 0 Å². The third kappa shape index (κ3) is 2.47. The van der Waals surface area contributed by atoms with Crippen LogP contribution in [0.15, 0.2) is 22.8 Å². The topological polar surface area (TPSA) is 57.0 Å². The summed E-state index contributed by atoms with van der Waals surface area (Å²) in [5.74, 6) is 1.57. The van der Waals surface area contributed by atoms with Crippen LogP contribution in [0, 0.1) is 6.92 Å². The summed E-state index contributed by atoms with van der Waals surface area (Å²) in [4.78, 5) is 0. The van der Waals surface area contributed by atoms with Crippen molar-refractivity contribution in [1.82, 2.24) is 9.78 Å². The van der Waals surface area contributed by atoms with Crippen LogP contribution in [0.4, 0.5) is 5.82 Å². The van der Waals surface area contributed by atoms with Gasteiger partial charge < -0.3 is 10.2 Å². The largest absolute Gasteiger partial charge is 0.469 e. The lowest BCUT2D eigenvalue weighted by Crippen LogP contribution is -2.08. The van der Waals surface area contributed by atoms with Gasteiger partial charge in [0.15, 0.2) is 0 Å². The Balaban J connectivity index is 0.00000144. The van der Waals surface area contributed by atoms with Crippen LogP contribution in [-0.2, 0) is 0 Å². The lowest BCUT2D eigenvalue weighted by atomic mass is 10.2. The van der Waals surface area contributed by atoms with E-state index in [1.807, 2.05) is 23.7 Å². The second-order valence-electron chi connectivity index (χ2n) is 4.05. The minimum Gasteiger partial charge on any atom is -0.469 e. The normalized spacial score (nSPS) is 12.2. The molecule has 0 aliphatic rings. The summed E-state index contributed by atoms with van der Waals surface area (Å²) < 4.78 is 7.13. The molecular weight excluding hydrogens is 238 g/mol. The highest BCUT2D eigenvalue weighted by atomic mass is 35.5. The zero-order valence-corrected chi connectivity index (χ0v) is 11.1. The number of hydrogen-bond acceptors (Lipinski definition) is 3. The minimum absolute atomic E-state index is 0. The molecule has 94 valence electrons. The fraction of sp³-hybridized carbons (Fsp3) is 0.417. The van der Waals surface area contributed by atoms with E-state index in [1.165, 1.54) is 0 Å². The Bertz CT molecular complexity index is 490. The number of nitrogens with two attached hydrogens (primary N) is 1. The first kappa shape index (κ1) is 13.6. The molecule has 1 unspecified atom stereocenters. The molecule has 0 spiro atoms. The van der Waals surface area contributed by atoms with E-state index in [2.05, 4.69) is 18.9 Å². The molecule has 0 radical (unpaired) electrons. The molecule has 0 saturated heterocycles. The van der Waals surface area contributed by atoms with Crippen molar-refractivity contribution in [1.29, 1.82) is 0 Å². The van der Waals surface area contributed by atoms with Crippen molar-refractivity contribution < 1.29 is 4.42 Å². The number of anilines is 1. The number of aromatic nitrogens is 2. The van der Waals surface area contributed by atoms with Gasteiger partial charge in [-0.2, -0.15) is 5.10 Å². The fourth-order valence-corrected chi connectivity index (χ4v) is 1.72. The van der Waals surface area contributed by atoms with E-state index in [-0.39, 0.29) is 12.4 Å². The highest BCUT2D eigenvalue weighted by Gasteiger charge is 2.13. The van der Waals surface area contributed by atoms with Crippen LogP contribution in [-0.4, -0.2) is 9.78 Å². The van der Waals surface area contributed by atoms with Gasteiger partial charge in [0.1, 0.15) is 11.6 Å². The highest BCUT2D eigenvalue weighted by Crippen LogP contribution is 2.26. The van der Waals surface area contributed by atoms with Crippen LogP contribution in [0.3, 0.4) is 0 Å².